The summed E-state index contributed by atoms with van der Waals surface area (Å²) in [5.41, 5.74) is 5.29. The van der Waals surface area contributed by atoms with Gasteiger partial charge in [-0.25, -0.2) is 0 Å². The Kier molecular flexibility index (Phi) is 2.42. The van der Waals surface area contributed by atoms with E-state index in [1.165, 1.54) is 0 Å². The standard InChI is InChI=1S/C6H13FN2/c7-3-6-4-9(5-6)2-1-8/h6H,1-5,8H2. The van der Waals surface area contributed by atoms with E-state index in [4.69, 9.17) is 5.73 Å². The third-order valence-corrected chi connectivity index (χ3v) is 1.70. The van der Waals surface area contributed by atoms with Gasteiger partial charge in [-0.3, -0.25) is 4.39 Å². The molecule has 2 N–H and O–H groups in total. The number of nitrogens with two attached hydrogens (primary N) is 1. The van der Waals surface area contributed by atoms with Gasteiger partial charge in [0.25, 0.3) is 0 Å². The minimum absolute atomic E-state index is 0.166. The van der Waals surface area contributed by atoms with E-state index >= 15 is 0 Å². The Morgan fingerprint density at radius 3 is 2.67 bits per heavy atom. The fourth-order valence-electron chi connectivity index (χ4n) is 1.14. The smallest absolute Gasteiger partial charge is 0.0947 e. The maximum atomic E-state index is 11.8. The molecule has 0 radical (unpaired) electrons. The summed E-state index contributed by atoms with van der Waals surface area (Å²) < 4.78 is 11.8. The van der Waals surface area contributed by atoms with E-state index < -0.39 is 0 Å². The molecule has 0 atom stereocenters. The van der Waals surface area contributed by atoms with Crippen LogP contribution in [0, 0.1) is 5.92 Å². The van der Waals surface area contributed by atoms with Crippen molar-refractivity contribution in [1.82, 2.24) is 4.90 Å². The van der Waals surface area contributed by atoms with Crippen LogP contribution in [0.4, 0.5) is 4.39 Å². The van der Waals surface area contributed by atoms with Crippen LogP contribution in [0.3, 0.4) is 0 Å². The molecular weight excluding hydrogens is 119 g/mol. The first-order chi connectivity index (χ1) is 4.36. The fraction of sp³-hybridized carbons (Fsp3) is 1.00. The molecule has 54 valence electrons. The van der Waals surface area contributed by atoms with Crippen molar-refractivity contribution in [3.05, 3.63) is 0 Å². The molecule has 0 saturated carbocycles. The Hall–Kier alpha value is -0.150. The number of halogens is 1. The molecule has 1 rings (SSSR count). The lowest BCUT2D eigenvalue weighted by molar-refractivity contribution is 0.0845. The first-order valence-electron chi connectivity index (χ1n) is 3.35. The lowest BCUT2D eigenvalue weighted by Crippen LogP contribution is -2.49. The number of nitrogens with zero attached hydrogens (tertiary/aromatic N) is 1. The quantitative estimate of drug-likeness (QED) is 0.578. The van der Waals surface area contributed by atoms with E-state index in [0.29, 0.717) is 12.5 Å². The van der Waals surface area contributed by atoms with Crippen molar-refractivity contribution in [2.45, 2.75) is 0 Å². The van der Waals surface area contributed by atoms with Gasteiger partial charge in [0.05, 0.1) is 6.67 Å². The Morgan fingerprint density at radius 1 is 1.56 bits per heavy atom. The lowest BCUT2D eigenvalue weighted by atomic mass is 10.0. The van der Waals surface area contributed by atoms with Gasteiger partial charge in [0.15, 0.2) is 0 Å². The number of rotatable bonds is 3. The molecule has 9 heavy (non-hydrogen) atoms. The average molecular weight is 132 g/mol. The summed E-state index contributed by atoms with van der Waals surface area (Å²) in [5, 5.41) is 0. The third-order valence-electron chi connectivity index (χ3n) is 1.70. The van der Waals surface area contributed by atoms with Crippen LogP contribution < -0.4 is 5.73 Å². The molecule has 1 aliphatic heterocycles. The van der Waals surface area contributed by atoms with Crippen molar-refractivity contribution in [3.8, 4) is 0 Å². The van der Waals surface area contributed by atoms with Crippen molar-refractivity contribution in [2.24, 2.45) is 11.7 Å². The molecule has 0 aromatic carbocycles. The SMILES string of the molecule is NCCN1CC(CF)C1. The molecule has 0 spiro atoms. The van der Waals surface area contributed by atoms with Gasteiger partial charge in [-0.05, 0) is 0 Å². The van der Waals surface area contributed by atoms with Crippen LogP contribution >= 0.6 is 0 Å². The molecular formula is C6H13FN2. The highest BCUT2D eigenvalue weighted by Crippen LogP contribution is 2.13. The van der Waals surface area contributed by atoms with Crippen molar-refractivity contribution in [2.75, 3.05) is 32.9 Å². The Bertz CT molecular complexity index is 81.1. The Morgan fingerprint density at radius 2 is 2.22 bits per heavy atom. The lowest BCUT2D eigenvalue weighted by Gasteiger charge is -2.37. The summed E-state index contributed by atoms with van der Waals surface area (Å²) in [6.45, 7) is 3.28. The molecule has 1 aliphatic rings. The molecule has 3 heteroatoms. The zero-order valence-electron chi connectivity index (χ0n) is 5.52. The van der Waals surface area contributed by atoms with Crippen LogP contribution in [0.15, 0.2) is 0 Å². The van der Waals surface area contributed by atoms with Crippen LogP contribution in [-0.4, -0.2) is 37.8 Å². The molecule has 0 amide bonds. The normalized spacial score (nSPS) is 22.0. The van der Waals surface area contributed by atoms with Crippen LogP contribution in [0.5, 0.6) is 0 Å². The fourth-order valence-corrected chi connectivity index (χ4v) is 1.14. The van der Waals surface area contributed by atoms with Gasteiger partial charge in [0, 0.05) is 32.1 Å². The molecule has 1 fully saturated rings. The van der Waals surface area contributed by atoms with Gasteiger partial charge < -0.3 is 10.6 Å². The minimum Gasteiger partial charge on any atom is -0.329 e. The zero-order chi connectivity index (χ0) is 6.69. The van der Waals surface area contributed by atoms with Crippen LogP contribution in [-0.2, 0) is 0 Å². The highest BCUT2D eigenvalue weighted by atomic mass is 19.1. The first-order valence-corrected chi connectivity index (χ1v) is 3.35. The average Bonchev–Trinajstić information content (AvgIpc) is 1.77. The highest BCUT2D eigenvalue weighted by Gasteiger charge is 2.24. The molecule has 0 aliphatic carbocycles. The maximum absolute atomic E-state index is 11.8. The molecule has 0 unspecified atom stereocenters. The minimum atomic E-state index is -0.166. The van der Waals surface area contributed by atoms with Crippen molar-refractivity contribution in [3.63, 3.8) is 0 Å². The van der Waals surface area contributed by atoms with Gasteiger partial charge in [-0.15, -0.1) is 0 Å². The van der Waals surface area contributed by atoms with Gasteiger partial charge >= 0.3 is 0 Å². The van der Waals surface area contributed by atoms with E-state index in [1.54, 1.807) is 0 Å². The highest BCUT2D eigenvalue weighted by molar-refractivity contribution is 4.78. The molecule has 2 nitrogen and oxygen atoms in total. The van der Waals surface area contributed by atoms with Gasteiger partial charge in [-0.2, -0.15) is 0 Å². The number of hydrogen-bond donors (Lipinski definition) is 1. The molecule has 0 bridgehead atoms. The largest absolute Gasteiger partial charge is 0.329 e. The summed E-state index contributed by atoms with van der Waals surface area (Å²) in [6, 6.07) is 0. The van der Waals surface area contributed by atoms with Gasteiger partial charge in [0.1, 0.15) is 0 Å². The monoisotopic (exact) mass is 132 g/mol. The van der Waals surface area contributed by atoms with Crippen LogP contribution in [0.2, 0.25) is 0 Å². The van der Waals surface area contributed by atoms with Crippen molar-refractivity contribution < 1.29 is 4.39 Å². The number of alkyl halides is 1. The second kappa shape index (κ2) is 3.13. The number of hydrogen-bond acceptors (Lipinski definition) is 2. The molecule has 1 heterocycles. The molecule has 0 aromatic heterocycles. The Labute approximate surface area is 54.8 Å². The van der Waals surface area contributed by atoms with Crippen molar-refractivity contribution in [1.29, 1.82) is 0 Å². The van der Waals surface area contributed by atoms with E-state index in [9.17, 15) is 4.39 Å². The van der Waals surface area contributed by atoms with Crippen molar-refractivity contribution >= 4 is 0 Å². The van der Waals surface area contributed by atoms with Gasteiger partial charge in [0.2, 0.25) is 0 Å². The topological polar surface area (TPSA) is 29.3 Å². The summed E-state index contributed by atoms with van der Waals surface area (Å²) in [6.07, 6.45) is 0. The maximum Gasteiger partial charge on any atom is 0.0947 e. The van der Waals surface area contributed by atoms with Crippen LogP contribution in [0.1, 0.15) is 0 Å². The summed E-state index contributed by atoms with van der Waals surface area (Å²) in [7, 11) is 0. The second-order valence-electron chi connectivity index (χ2n) is 2.57. The molecule has 1 saturated heterocycles. The molecule has 0 aromatic rings. The second-order valence-corrected chi connectivity index (χ2v) is 2.57. The summed E-state index contributed by atoms with van der Waals surface area (Å²) >= 11 is 0. The summed E-state index contributed by atoms with van der Waals surface area (Å²) in [4.78, 5) is 2.17. The first kappa shape index (κ1) is 6.96. The Balaban J connectivity index is 1.98. The predicted molar refractivity (Wildman–Crippen MR) is 35.0 cm³/mol. The van der Waals surface area contributed by atoms with E-state index in [-0.39, 0.29) is 6.67 Å². The van der Waals surface area contributed by atoms with E-state index in [2.05, 4.69) is 4.90 Å². The van der Waals surface area contributed by atoms with E-state index in [1.807, 2.05) is 0 Å². The van der Waals surface area contributed by atoms with Crippen LogP contribution in [0.25, 0.3) is 0 Å². The van der Waals surface area contributed by atoms with Gasteiger partial charge in [-0.1, -0.05) is 0 Å². The summed E-state index contributed by atoms with van der Waals surface area (Å²) in [5.74, 6) is 0.302. The predicted octanol–water partition coefficient (Wildman–Crippen LogP) is -0.154. The zero-order valence-corrected chi connectivity index (χ0v) is 5.52. The number of likely N-dealkylation sites (tertiary alicyclic amines) is 1. The third kappa shape index (κ3) is 1.63. The van der Waals surface area contributed by atoms with E-state index in [0.717, 1.165) is 19.6 Å².